The number of rotatable bonds is 5. The van der Waals surface area contributed by atoms with E-state index in [1.54, 1.807) is 0 Å². The number of aromatic nitrogens is 2. The molecule has 0 bridgehead atoms. The molecule has 3 heterocycles. The van der Waals surface area contributed by atoms with E-state index in [0.717, 1.165) is 18.6 Å². The summed E-state index contributed by atoms with van der Waals surface area (Å²) >= 11 is 0. The van der Waals surface area contributed by atoms with Crippen LogP contribution in [0.5, 0.6) is 5.75 Å². The molecule has 1 amide bonds. The summed E-state index contributed by atoms with van der Waals surface area (Å²) in [6.07, 6.45) is 2.17. The highest BCUT2D eigenvalue weighted by atomic mass is 32.2. The lowest BCUT2D eigenvalue weighted by atomic mass is 9.90. The molecule has 3 aromatic rings. The van der Waals surface area contributed by atoms with Crippen molar-refractivity contribution in [2.45, 2.75) is 37.6 Å². The van der Waals surface area contributed by atoms with Crippen LogP contribution in [0.2, 0.25) is 0 Å². The second-order valence-corrected chi connectivity index (χ2v) is 10.7. The van der Waals surface area contributed by atoms with Gasteiger partial charge in [-0.15, -0.1) is 0 Å². The number of benzene rings is 1. The second-order valence-electron chi connectivity index (χ2n) is 9.05. The number of sulfonamides is 1. The number of pyridine rings is 2. The number of aromatic hydroxyl groups is 1. The molecule has 2 aromatic heterocycles. The Morgan fingerprint density at radius 3 is 2.66 bits per heavy atom. The molecule has 0 aliphatic carbocycles. The molecule has 9 nitrogen and oxygen atoms in total. The molecule has 0 saturated carbocycles. The number of phenols is 1. The summed E-state index contributed by atoms with van der Waals surface area (Å²) in [5.74, 6) is -1.39. The topological polar surface area (TPSA) is 139 Å². The zero-order chi connectivity index (χ0) is 25.5. The van der Waals surface area contributed by atoms with E-state index < -0.39 is 27.3 Å². The van der Waals surface area contributed by atoms with E-state index in [4.69, 9.17) is 5.73 Å². The molecule has 1 aliphatic heterocycles. The summed E-state index contributed by atoms with van der Waals surface area (Å²) in [4.78, 5) is 23.2. The van der Waals surface area contributed by atoms with Crippen LogP contribution in [0.4, 0.5) is 16.0 Å². The summed E-state index contributed by atoms with van der Waals surface area (Å²) in [7, 11) is -4.32. The number of carbonyl (C=O) groups excluding carboxylic acids is 1. The van der Waals surface area contributed by atoms with Crippen molar-refractivity contribution < 1.29 is 22.7 Å². The van der Waals surface area contributed by atoms with Crippen LogP contribution in [0, 0.1) is 11.7 Å². The monoisotopic (exact) mass is 499 g/mol. The largest absolute Gasteiger partial charge is 0.507 e. The Morgan fingerprint density at radius 1 is 1.26 bits per heavy atom. The van der Waals surface area contributed by atoms with Crippen LogP contribution < -0.4 is 15.4 Å². The fraction of sp³-hybridized carbons (Fsp3) is 0.292. The Morgan fingerprint density at radius 2 is 2.00 bits per heavy atom. The number of anilines is 2. The van der Waals surface area contributed by atoms with Crippen molar-refractivity contribution in [3.63, 3.8) is 0 Å². The molecule has 0 radical (unpaired) electrons. The van der Waals surface area contributed by atoms with E-state index in [1.807, 2.05) is 23.5 Å². The van der Waals surface area contributed by atoms with E-state index in [9.17, 15) is 22.7 Å². The number of phenolic OH excluding ortho intramolecular Hbond substituents is 1. The number of hydrogen-bond acceptors (Lipinski definition) is 8. The predicted molar refractivity (Wildman–Crippen MR) is 130 cm³/mol. The summed E-state index contributed by atoms with van der Waals surface area (Å²) in [5, 5.41) is 10.3. The highest BCUT2D eigenvalue weighted by Crippen LogP contribution is 2.40. The number of nitrogens with one attached hydrogen (secondary N) is 1. The normalized spacial score (nSPS) is 17.4. The van der Waals surface area contributed by atoms with Crippen LogP contribution in [0.15, 0.2) is 53.6 Å². The number of nitrogens with zero attached hydrogens (tertiary/aromatic N) is 3. The quantitative estimate of drug-likeness (QED) is 0.486. The first-order valence-electron chi connectivity index (χ1n) is 11.0. The van der Waals surface area contributed by atoms with Gasteiger partial charge in [0.15, 0.2) is 0 Å². The van der Waals surface area contributed by atoms with Gasteiger partial charge in [0.05, 0.1) is 11.3 Å². The van der Waals surface area contributed by atoms with Gasteiger partial charge in [0.1, 0.15) is 28.1 Å². The molecular weight excluding hydrogens is 473 g/mol. The van der Waals surface area contributed by atoms with Gasteiger partial charge in [0.25, 0.3) is 15.9 Å². The molecule has 1 saturated heterocycles. The van der Waals surface area contributed by atoms with Crippen LogP contribution >= 0.6 is 0 Å². The van der Waals surface area contributed by atoms with Gasteiger partial charge in [-0.25, -0.2) is 27.5 Å². The molecule has 0 spiro atoms. The van der Waals surface area contributed by atoms with Gasteiger partial charge < -0.3 is 15.7 Å². The highest BCUT2D eigenvalue weighted by molar-refractivity contribution is 7.90. The molecule has 184 valence electrons. The van der Waals surface area contributed by atoms with Crippen molar-refractivity contribution in [1.82, 2.24) is 14.7 Å². The molecule has 1 atom stereocenters. The molecule has 1 fully saturated rings. The lowest BCUT2D eigenvalue weighted by Gasteiger charge is -2.36. The summed E-state index contributed by atoms with van der Waals surface area (Å²) in [6.45, 7) is 6.67. The van der Waals surface area contributed by atoms with Gasteiger partial charge in [0.2, 0.25) is 0 Å². The van der Waals surface area contributed by atoms with Gasteiger partial charge in [0, 0.05) is 23.8 Å². The fourth-order valence-corrected chi connectivity index (χ4v) is 5.22. The Balaban J connectivity index is 1.81. The highest BCUT2D eigenvalue weighted by Gasteiger charge is 2.41. The van der Waals surface area contributed by atoms with E-state index in [0.29, 0.717) is 6.54 Å². The number of halogens is 1. The van der Waals surface area contributed by atoms with E-state index in [2.05, 4.69) is 16.9 Å². The summed E-state index contributed by atoms with van der Waals surface area (Å²) < 4.78 is 41.7. The van der Waals surface area contributed by atoms with Crippen molar-refractivity contribution >= 4 is 27.6 Å². The van der Waals surface area contributed by atoms with E-state index in [1.165, 1.54) is 36.5 Å². The first kappa shape index (κ1) is 24.4. The van der Waals surface area contributed by atoms with Crippen molar-refractivity contribution in [3.05, 3.63) is 60.0 Å². The third-order valence-corrected chi connectivity index (χ3v) is 7.99. The van der Waals surface area contributed by atoms with Crippen molar-refractivity contribution in [3.8, 4) is 17.0 Å². The smallest absolute Gasteiger partial charge is 0.268 e. The van der Waals surface area contributed by atoms with Crippen LogP contribution in [0.1, 0.15) is 37.6 Å². The molecule has 1 aromatic carbocycles. The SMILES string of the molecule is CC1CCN(c2nc(-c3cc(F)ccc3O)ccc2C(=O)NS(=O)(=O)c2cccnc2N)C1(C)C. The Bertz CT molecular complexity index is 1410. The lowest BCUT2D eigenvalue weighted by molar-refractivity contribution is 0.0981. The predicted octanol–water partition coefficient (Wildman–Crippen LogP) is 3.31. The maximum absolute atomic E-state index is 13.9. The zero-order valence-electron chi connectivity index (χ0n) is 19.5. The second kappa shape index (κ2) is 8.81. The van der Waals surface area contributed by atoms with E-state index >= 15 is 0 Å². The van der Waals surface area contributed by atoms with Crippen LogP contribution in [0.3, 0.4) is 0 Å². The van der Waals surface area contributed by atoms with E-state index in [-0.39, 0.29) is 45.0 Å². The van der Waals surface area contributed by atoms with Crippen molar-refractivity contribution in [2.75, 3.05) is 17.2 Å². The van der Waals surface area contributed by atoms with Gasteiger partial charge >= 0.3 is 0 Å². The van der Waals surface area contributed by atoms with Crippen molar-refractivity contribution in [1.29, 1.82) is 0 Å². The lowest BCUT2D eigenvalue weighted by Crippen LogP contribution is -2.43. The first-order valence-corrected chi connectivity index (χ1v) is 12.5. The molecule has 1 aliphatic rings. The number of amides is 1. The minimum atomic E-state index is -4.32. The molecule has 4 rings (SSSR count). The third kappa shape index (κ3) is 4.51. The van der Waals surface area contributed by atoms with Gasteiger partial charge in [-0.2, -0.15) is 0 Å². The fourth-order valence-electron chi connectivity index (χ4n) is 4.17. The minimum Gasteiger partial charge on any atom is -0.507 e. The molecular formula is C24H26FN5O4S. The average molecular weight is 500 g/mol. The maximum atomic E-state index is 13.9. The third-order valence-electron chi connectivity index (χ3n) is 6.61. The Labute approximate surface area is 202 Å². The van der Waals surface area contributed by atoms with Gasteiger partial charge in [-0.05, 0) is 68.7 Å². The number of nitrogen functional groups attached to an aromatic ring is 1. The van der Waals surface area contributed by atoms with Crippen LogP contribution in [-0.4, -0.2) is 41.5 Å². The Hall–Kier alpha value is -3.73. The van der Waals surface area contributed by atoms with Crippen molar-refractivity contribution in [2.24, 2.45) is 5.92 Å². The summed E-state index contributed by atoms with van der Waals surface area (Å²) in [5.41, 5.74) is 5.69. The molecule has 11 heteroatoms. The zero-order valence-corrected chi connectivity index (χ0v) is 20.3. The molecule has 1 unspecified atom stereocenters. The molecule has 35 heavy (non-hydrogen) atoms. The minimum absolute atomic E-state index is 0.0119. The molecule has 4 N–H and O–H groups in total. The first-order chi connectivity index (χ1) is 16.4. The maximum Gasteiger partial charge on any atom is 0.268 e. The number of nitrogens with two attached hydrogens (primary N) is 1. The Kier molecular flexibility index (Phi) is 6.14. The van der Waals surface area contributed by atoms with Crippen LogP contribution in [-0.2, 0) is 10.0 Å². The van der Waals surface area contributed by atoms with Gasteiger partial charge in [-0.1, -0.05) is 6.92 Å². The summed E-state index contributed by atoms with van der Waals surface area (Å²) in [6, 6.07) is 8.99. The number of hydrogen-bond donors (Lipinski definition) is 3. The standard InChI is InChI=1S/C24H26FN5O4S/c1-14-10-12-30(24(14,2)3)22-16(7-8-18(28-22)17-13-15(25)6-9-19(17)31)23(32)29-35(33,34)20-5-4-11-27-21(20)26/h4-9,11,13-14,31H,10,12H2,1-3H3,(H2,26,27)(H,29,32). The average Bonchev–Trinajstić information content (AvgIpc) is 3.07. The van der Waals surface area contributed by atoms with Crippen LogP contribution in [0.25, 0.3) is 11.3 Å². The number of carbonyl (C=O) groups is 1. The van der Waals surface area contributed by atoms with Gasteiger partial charge in [-0.3, -0.25) is 4.79 Å².